The van der Waals surface area contributed by atoms with Crippen LogP contribution < -0.4 is 10.9 Å². The number of para-hydroxylation sites is 1. The van der Waals surface area contributed by atoms with E-state index in [-0.39, 0.29) is 49.2 Å². The lowest BCUT2D eigenvalue weighted by atomic mass is 9.93. The number of hydrogen-bond donors (Lipinski definition) is 1. The summed E-state index contributed by atoms with van der Waals surface area (Å²) in [6.45, 7) is 7.99. The molecular formula is C25H36N4O4. The summed E-state index contributed by atoms with van der Waals surface area (Å²) in [5.74, 6) is 0.130. The van der Waals surface area contributed by atoms with Crippen LogP contribution in [0.25, 0.3) is 10.9 Å². The van der Waals surface area contributed by atoms with Crippen molar-refractivity contribution in [3.05, 3.63) is 40.4 Å². The van der Waals surface area contributed by atoms with Gasteiger partial charge in [-0.15, -0.1) is 0 Å². The third-order valence-corrected chi connectivity index (χ3v) is 6.14. The van der Waals surface area contributed by atoms with Gasteiger partial charge < -0.3 is 15.0 Å². The smallest absolute Gasteiger partial charge is 0.318 e. The summed E-state index contributed by atoms with van der Waals surface area (Å²) in [4.78, 5) is 45.5. The van der Waals surface area contributed by atoms with Crippen molar-refractivity contribution >= 4 is 22.9 Å². The van der Waals surface area contributed by atoms with Crippen molar-refractivity contribution in [2.24, 2.45) is 0 Å². The summed E-state index contributed by atoms with van der Waals surface area (Å²) in [6, 6.07) is 6.67. The molecule has 0 aliphatic heterocycles. The van der Waals surface area contributed by atoms with E-state index in [9.17, 15) is 14.4 Å². The molecule has 1 heterocycles. The number of nitrogens with zero attached hydrogens (tertiary/aromatic N) is 3. The van der Waals surface area contributed by atoms with Gasteiger partial charge in [0, 0.05) is 18.6 Å². The number of fused-ring (bicyclic) bond motifs is 1. The molecule has 1 N–H and O–H groups in total. The van der Waals surface area contributed by atoms with E-state index >= 15 is 0 Å². The van der Waals surface area contributed by atoms with Gasteiger partial charge in [0.15, 0.2) is 0 Å². The molecule has 1 fully saturated rings. The molecule has 1 saturated carbocycles. The minimum absolute atomic E-state index is 0.00800. The molecular weight excluding hydrogens is 420 g/mol. The predicted octanol–water partition coefficient (Wildman–Crippen LogP) is 4.16. The maximum absolute atomic E-state index is 13.4. The van der Waals surface area contributed by atoms with Crippen LogP contribution in [0.4, 0.5) is 4.79 Å². The standard InChI is InChI=1S/C25H36N4O4/c1-5-33-22(30)15-16-28-23(27-21-14-10-9-13-20(21)24(28)31)18(4)29(25(32)26-17(2)3)19-11-7-6-8-12-19/h9-10,13-14,17-19H,5-8,11-12,15-16H2,1-4H3,(H,26,32). The number of esters is 1. The first kappa shape index (κ1) is 24.7. The first-order chi connectivity index (χ1) is 15.8. The van der Waals surface area contributed by atoms with E-state index in [1.807, 2.05) is 37.8 Å². The Morgan fingerprint density at radius 2 is 1.88 bits per heavy atom. The number of urea groups is 1. The summed E-state index contributed by atoms with van der Waals surface area (Å²) < 4.78 is 6.61. The van der Waals surface area contributed by atoms with Crippen LogP contribution in [0.5, 0.6) is 0 Å². The maximum atomic E-state index is 13.4. The molecule has 0 bridgehead atoms. The van der Waals surface area contributed by atoms with Gasteiger partial charge in [-0.2, -0.15) is 0 Å². The van der Waals surface area contributed by atoms with E-state index in [2.05, 4.69) is 5.32 Å². The number of carbonyl (C=O) groups is 2. The van der Waals surface area contributed by atoms with E-state index < -0.39 is 6.04 Å². The molecule has 2 aromatic rings. The van der Waals surface area contributed by atoms with Crippen molar-refractivity contribution in [3.63, 3.8) is 0 Å². The fourth-order valence-corrected chi connectivity index (χ4v) is 4.62. The van der Waals surface area contributed by atoms with Gasteiger partial charge in [0.05, 0.1) is 30.0 Å². The van der Waals surface area contributed by atoms with Crippen LogP contribution in [0.1, 0.15) is 78.1 Å². The van der Waals surface area contributed by atoms with Crippen LogP contribution in [-0.4, -0.2) is 45.1 Å². The lowest BCUT2D eigenvalue weighted by Crippen LogP contribution is -2.50. The van der Waals surface area contributed by atoms with Gasteiger partial charge in [-0.05, 0) is 52.7 Å². The fraction of sp³-hybridized carbons (Fsp3) is 0.600. The van der Waals surface area contributed by atoms with E-state index in [0.29, 0.717) is 16.7 Å². The van der Waals surface area contributed by atoms with Crippen LogP contribution in [0.3, 0.4) is 0 Å². The van der Waals surface area contributed by atoms with Crippen LogP contribution in [0, 0.1) is 0 Å². The highest BCUT2D eigenvalue weighted by atomic mass is 16.5. The van der Waals surface area contributed by atoms with Crippen molar-refractivity contribution in [2.75, 3.05) is 6.61 Å². The second-order valence-corrected chi connectivity index (χ2v) is 8.98. The zero-order valence-electron chi connectivity index (χ0n) is 20.2. The minimum Gasteiger partial charge on any atom is -0.466 e. The molecule has 2 amide bonds. The van der Waals surface area contributed by atoms with Gasteiger partial charge in [-0.1, -0.05) is 31.4 Å². The van der Waals surface area contributed by atoms with Crippen molar-refractivity contribution < 1.29 is 14.3 Å². The second kappa shape index (κ2) is 11.3. The highest BCUT2D eigenvalue weighted by Crippen LogP contribution is 2.30. The van der Waals surface area contributed by atoms with E-state index in [4.69, 9.17) is 9.72 Å². The SMILES string of the molecule is CCOC(=O)CCn1c(C(C)N(C(=O)NC(C)C)C2CCCCC2)nc2ccccc2c1=O. The van der Waals surface area contributed by atoms with E-state index in [1.54, 1.807) is 23.6 Å². The zero-order chi connectivity index (χ0) is 24.0. The molecule has 0 radical (unpaired) electrons. The number of benzene rings is 1. The van der Waals surface area contributed by atoms with E-state index in [1.165, 1.54) is 6.42 Å². The monoisotopic (exact) mass is 456 g/mol. The maximum Gasteiger partial charge on any atom is 0.318 e. The Kier molecular flexibility index (Phi) is 8.47. The lowest BCUT2D eigenvalue weighted by molar-refractivity contribution is -0.143. The average Bonchev–Trinajstić information content (AvgIpc) is 2.79. The summed E-state index contributed by atoms with van der Waals surface area (Å²) in [5, 5.41) is 3.52. The minimum atomic E-state index is -0.439. The Balaban J connectivity index is 2.06. The first-order valence-electron chi connectivity index (χ1n) is 12.1. The lowest BCUT2D eigenvalue weighted by Gasteiger charge is -2.39. The molecule has 1 unspecified atom stereocenters. The molecule has 1 atom stereocenters. The highest BCUT2D eigenvalue weighted by Gasteiger charge is 2.33. The molecule has 1 aliphatic carbocycles. The second-order valence-electron chi connectivity index (χ2n) is 8.98. The number of ether oxygens (including phenoxy) is 1. The molecule has 8 nitrogen and oxygen atoms in total. The predicted molar refractivity (Wildman–Crippen MR) is 128 cm³/mol. The van der Waals surface area contributed by atoms with Gasteiger partial charge in [-0.25, -0.2) is 9.78 Å². The van der Waals surface area contributed by atoms with Crippen molar-refractivity contribution in [1.29, 1.82) is 0 Å². The number of aromatic nitrogens is 2. The Morgan fingerprint density at radius 1 is 1.18 bits per heavy atom. The molecule has 180 valence electrons. The number of nitrogens with one attached hydrogen (secondary N) is 1. The van der Waals surface area contributed by atoms with Gasteiger partial charge in [0.2, 0.25) is 0 Å². The molecule has 3 rings (SSSR count). The third kappa shape index (κ3) is 5.92. The summed E-state index contributed by atoms with van der Waals surface area (Å²) >= 11 is 0. The van der Waals surface area contributed by atoms with Crippen LogP contribution in [0.15, 0.2) is 29.1 Å². The fourth-order valence-electron chi connectivity index (χ4n) is 4.62. The Hall–Kier alpha value is -2.90. The van der Waals surface area contributed by atoms with Crippen molar-refractivity contribution in [3.8, 4) is 0 Å². The number of amides is 2. The Bertz CT molecular complexity index is 1030. The highest BCUT2D eigenvalue weighted by molar-refractivity contribution is 5.78. The number of hydrogen-bond acceptors (Lipinski definition) is 5. The number of carbonyl (C=O) groups excluding carboxylic acids is 2. The Labute approximate surface area is 195 Å². The van der Waals surface area contributed by atoms with Gasteiger partial charge >= 0.3 is 12.0 Å². The van der Waals surface area contributed by atoms with Crippen molar-refractivity contribution in [1.82, 2.24) is 19.8 Å². The summed E-state index contributed by atoms with van der Waals surface area (Å²) in [7, 11) is 0. The molecule has 1 aromatic heterocycles. The van der Waals surface area contributed by atoms with Gasteiger partial charge in [0.25, 0.3) is 5.56 Å². The van der Waals surface area contributed by atoms with Crippen LogP contribution in [-0.2, 0) is 16.1 Å². The van der Waals surface area contributed by atoms with Gasteiger partial charge in [0.1, 0.15) is 5.82 Å². The molecule has 33 heavy (non-hydrogen) atoms. The largest absolute Gasteiger partial charge is 0.466 e. The average molecular weight is 457 g/mol. The van der Waals surface area contributed by atoms with Crippen LogP contribution >= 0.6 is 0 Å². The summed E-state index contributed by atoms with van der Waals surface area (Å²) in [5.41, 5.74) is 0.379. The van der Waals surface area contributed by atoms with E-state index in [0.717, 1.165) is 25.7 Å². The molecule has 0 saturated heterocycles. The summed E-state index contributed by atoms with van der Waals surface area (Å²) in [6.07, 6.45) is 5.23. The van der Waals surface area contributed by atoms with Crippen molar-refractivity contribution in [2.45, 2.75) is 90.9 Å². The molecule has 0 spiro atoms. The molecule has 1 aromatic carbocycles. The quantitative estimate of drug-likeness (QED) is 0.602. The first-order valence-corrected chi connectivity index (χ1v) is 12.1. The normalized spacial score (nSPS) is 15.4. The van der Waals surface area contributed by atoms with Gasteiger partial charge in [-0.3, -0.25) is 14.2 Å². The van der Waals surface area contributed by atoms with Crippen LogP contribution in [0.2, 0.25) is 0 Å². The topological polar surface area (TPSA) is 93.5 Å². The zero-order valence-corrected chi connectivity index (χ0v) is 20.2. The Morgan fingerprint density at radius 3 is 2.55 bits per heavy atom. The molecule has 1 aliphatic rings. The third-order valence-electron chi connectivity index (χ3n) is 6.14. The molecule has 8 heteroatoms. The number of rotatable bonds is 8.